The minimum atomic E-state index is -3.23. The Bertz CT molecular complexity index is 276. The van der Waals surface area contributed by atoms with Gasteiger partial charge in [-0.05, 0) is 19.9 Å². The minimum Gasteiger partial charge on any atom is -0.313 e. The van der Waals surface area contributed by atoms with E-state index in [1.807, 2.05) is 6.92 Å². The second kappa shape index (κ2) is 4.57. The lowest BCUT2D eigenvalue weighted by molar-refractivity contribution is 0.370. The first kappa shape index (κ1) is 11.9. The number of nitrogens with zero attached hydrogens (tertiary/aromatic N) is 2. The first-order valence-corrected chi connectivity index (χ1v) is 6.25. The second-order valence-corrected chi connectivity index (χ2v) is 6.00. The van der Waals surface area contributed by atoms with Crippen LogP contribution in [0.5, 0.6) is 0 Å². The Hall–Kier alpha value is -0.170. The molecular formula is C8H19N3O2S. The van der Waals surface area contributed by atoms with Gasteiger partial charge in [0.25, 0.3) is 10.2 Å². The van der Waals surface area contributed by atoms with Crippen LogP contribution in [0.25, 0.3) is 0 Å². The van der Waals surface area contributed by atoms with E-state index in [9.17, 15) is 8.42 Å². The highest BCUT2D eigenvalue weighted by Gasteiger charge is 2.26. The van der Waals surface area contributed by atoms with E-state index in [1.165, 1.54) is 8.61 Å². The van der Waals surface area contributed by atoms with Crippen LogP contribution in [0.15, 0.2) is 0 Å². The van der Waals surface area contributed by atoms with Crippen LogP contribution in [-0.2, 0) is 10.2 Å². The van der Waals surface area contributed by atoms with Crippen LogP contribution in [-0.4, -0.2) is 56.8 Å². The Kier molecular flexibility index (Phi) is 3.88. The quantitative estimate of drug-likeness (QED) is 0.682. The van der Waals surface area contributed by atoms with E-state index in [-0.39, 0.29) is 6.04 Å². The number of nitrogens with one attached hydrogen (secondary N) is 1. The van der Waals surface area contributed by atoms with Crippen LogP contribution < -0.4 is 5.32 Å². The molecule has 0 aromatic rings. The molecule has 1 unspecified atom stereocenters. The molecule has 0 saturated carbocycles. The number of rotatable bonds is 2. The van der Waals surface area contributed by atoms with Gasteiger partial charge in [-0.1, -0.05) is 0 Å². The Labute approximate surface area is 86.3 Å². The molecule has 1 heterocycles. The Morgan fingerprint density at radius 2 is 2.07 bits per heavy atom. The van der Waals surface area contributed by atoms with Gasteiger partial charge in [0.2, 0.25) is 0 Å². The highest BCUT2D eigenvalue weighted by Crippen LogP contribution is 2.08. The Morgan fingerprint density at radius 1 is 1.43 bits per heavy atom. The molecule has 1 aliphatic heterocycles. The monoisotopic (exact) mass is 221 g/mol. The van der Waals surface area contributed by atoms with Crippen molar-refractivity contribution in [3.8, 4) is 0 Å². The molecule has 1 saturated heterocycles. The summed E-state index contributed by atoms with van der Waals surface area (Å²) in [7, 11) is -0.0940. The third-order valence-corrected chi connectivity index (χ3v) is 4.25. The van der Waals surface area contributed by atoms with Gasteiger partial charge < -0.3 is 5.32 Å². The van der Waals surface area contributed by atoms with Crippen molar-refractivity contribution in [3.05, 3.63) is 0 Å². The van der Waals surface area contributed by atoms with E-state index in [0.29, 0.717) is 13.1 Å². The molecule has 1 aliphatic rings. The summed E-state index contributed by atoms with van der Waals surface area (Å²) in [5.74, 6) is 0. The zero-order chi connectivity index (χ0) is 10.8. The van der Waals surface area contributed by atoms with Gasteiger partial charge in [0.05, 0.1) is 0 Å². The van der Waals surface area contributed by atoms with E-state index in [0.717, 1.165) is 13.0 Å². The number of hydrogen-bond donors (Lipinski definition) is 1. The second-order valence-electron chi connectivity index (χ2n) is 3.86. The summed E-state index contributed by atoms with van der Waals surface area (Å²) >= 11 is 0. The van der Waals surface area contributed by atoms with E-state index in [2.05, 4.69) is 5.32 Å². The van der Waals surface area contributed by atoms with Crippen LogP contribution in [0.3, 0.4) is 0 Å². The Balaban J connectivity index is 2.75. The third kappa shape index (κ3) is 2.66. The van der Waals surface area contributed by atoms with Crippen LogP contribution in [0.1, 0.15) is 13.3 Å². The third-order valence-electron chi connectivity index (χ3n) is 2.34. The first-order chi connectivity index (χ1) is 6.44. The molecule has 84 valence electrons. The SMILES string of the molecule is CC1CN(S(=O)(=O)N(C)C)CCCN1. The normalized spacial score (nSPS) is 26.4. The highest BCUT2D eigenvalue weighted by molar-refractivity contribution is 7.86. The summed E-state index contributed by atoms with van der Waals surface area (Å²) in [6, 6.07) is 0.229. The van der Waals surface area contributed by atoms with E-state index in [1.54, 1.807) is 14.1 Å². The van der Waals surface area contributed by atoms with Gasteiger partial charge in [-0.3, -0.25) is 0 Å². The van der Waals surface area contributed by atoms with Gasteiger partial charge in [-0.25, -0.2) is 0 Å². The molecule has 14 heavy (non-hydrogen) atoms. The summed E-state index contributed by atoms with van der Waals surface area (Å²) in [6.07, 6.45) is 0.872. The van der Waals surface area contributed by atoms with Crippen molar-refractivity contribution in [2.24, 2.45) is 0 Å². The maximum Gasteiger partial charge on any atom is 0.281 e. The van der Waals surface area contributed by atoms with Crippen molar-refractivity contribution < 1.29 is 8.42 Å². The van der Waals surface area contributed by atoms with Crippen LogP contribution in [0.4, 0.5) is 0 Å². The first-order valence-electron chi connectivity index (χ1n) is 4.85. The van der Waals surface area contributed by atoms with Crippen LogP contribution in [0, 0.1) is 0 Å². The zero-order valence-electron chi connectivity index (χ0n) is 9.02. The summed E-state index contributed by atoms with van der Waals surface area (Å²) < 4.78 is 26.4. The molecular weight excluding hydrogens is 202 g/mol. The van der Waals surface area contributed by atoms with Crippen molar-refractivity contribution in [1.29, 1.82) is 0 Å². The fraction of sp³-hybridized carbons (Fsp3) is 1.00. The predicted molar refractivity (Wildman–Crippen MR) is 56.3 cm³/mol. The molecule has 1 fully saturated rings. The molecule has 1 N–H and O–H groups in total. The van der Waals surface area contributed by atoms with Crippen LogP contribution in [0.2, 0.25) is 0 Å². The Morgan fingerprint density at radius 3 is 2.64 bits per heavy atom. The summed E-state index contributed by atoms with van der Waals surface area (Å²) in [5.41, 5.74) is 0. The summed E-state index contributed by atoms with van der Waals surface area (Å²) in [6.45, 7) is 4.06. The van der Waals surface area contributed by atoms with E-state index in [4.69, 9.17) is 0 Å². The largest absolute Gasteiger partial charge is 0.313 e. The summed E-state index contributed by atoms with van der Waals surface area (Å²) in [5, 5.41) is 3.26. The standard InChI is InChI=1S/C8H19N3O2S/c1-8-7-11(6-4-5-9-8)14(12,13)10(2)3/h8-9H,4-7H2,1-3H3. The smallest absolute Gasteiger partial charge is 0.281 e. The molecule has 1 rings (SSSR count). The molecule has 0 spiro atoms. The van der Waals surface area contributed by atoms with Gasteiger partial charge >= 0.3 is 0 Å². The summed E-state index contributed by atoms with van der Waals surface area (Å²) in [4.78, 5) is 0. The molecule has 0 amide bonds. The lowest BCUT2D eigenvalue weighted by atomic mass is 10.3. The molecule has 0 bridgehead atoms. The van der Waals surface area contributed by atoms with Gasteiger partial charge in [-0.15, -0.1) is 0 Å². The van der Waals surface area contributed by atoms with Crippen molar-refractivity contribution in [2.75, 3.05) is 33.7 Å². The molecule has 0 aromatic carbocycles. The maximum absolute atomic E-state index is 11.8. The average Bonchev–Trinajstić information content (AvgIpc) is 2.29. The fourth-order valence-corrected chi connectivity index (χ4v) is 2.74. The van der Waals surface area contributed by atoms with Gasteiger partial charge in [0.15, 0.2) is 0 Å². The molecule has 0 aliphatic carbocycles. The predicted octanol–water partition coefficient (Wildman–Crippen LogP) is -0.523. The van der Waals surface area contributed by atoms with Gasteiger partial charge in [0.1, 0.15) is 0 Å². The maximum atomic E-state index is 11.8. The lowest BCUT2D eigenvalue weighted by Crippen LogP contribution is -2.44. The van der Waals surface area contributed by atoms with E-state index >= 15 is 0 Å². The minimum absolute atomic E-state index is 0.229. The van der Waals surface area contributed by atoms with Crippen molar-refractivity contribution in [1.82, 2.24) is 13.9 Å². The van der Waals surface area contributed by atoms with Gasteiger partial charge in [-0.2, -0.15) is 17.0 Å². The molecule has 5 nitrogen and oxygen atoms in total. The van der Waals surface area contributed by atoms with Crippen molar-refractivity contribution >= 4 is 10.2 Å². The van der Waals surface area contributed by atoms with Crippen LogP contribution >= 0.6 is 0 Å². The average molecular weight is 221 g/mol. The van der Waals surface area contributed by atoms with Crippen molar-refractivity contribution in [3.63, 3.8) is 0 Å². The number of hydrogen-bond acceptors (Lipinski definition) is 3. The molecule has 6 heteroatoms. The topological polar surface area (TPSA) is 52.7 Å². The fourth-order valence-electron chi connectivity index (χ4n) is 1.51. The molecule has 0 aromatic heterocycles. The van der Waals surface area contributed by atoms with Gasteiger partial charge in [0, 0.05) is 33.2 Å². The van der Waals surface area contributed by atoms with E-state index < -0.39 is 10.2 Å². The van der Waals surface area contributed by atoms with Crippen molar-refractivity contribution in [2.45, 2.75) is 19.4 Å². The molecule has 0 radical (unpaired) electrons. The lowest BCUT2D eigenvalue weighted by Gasteiger charge is -2.25. The molecule has 1 atom stereocenters. The highest BCUT2D eigenvalue weighted by atomic mass is 32.2. The zero-order valence-corrected chi connectivity index (χ0v) is 9.84.